The normalized spacial score (nSPS) is 12.0. The minimum Gasteiger partial charge on any atom is -0.456 e. The molecule has 0 aromatic carbocycles. The van der Waals surface area contributed by atoms with Crippen LogP contribution in [0, 0.1) is 0 Å². The summed E-state index contributed by atoms with van der Waals surface area (Å²) in [6, 6.07) is 1.88. The van der Waals surface area contributed by atoms with Gasteiger partial charge in [0.2, 0.25) is 0 Å². The minimum atomic E-state index is -0.439. The molecule has 0 aliphatic carbocycles. The molecule has 0 saturated carbocycles. The van der Waals surface area contributed by atoms with Crippen LogP contribution < -0.4 is 0 Å². The maximum atomic E-state index is 11.8. The molecule has 0 bridgehead atoms. The van der Waals surface area contributed by atoms with Crippen LogP contribution in [-0.4, -0.2) is 11.6 Å². The number of rotatable bonds is 1. The molecule has 0 N–H and O–H groups in total. The highest BCUT2D eigenvalue weighted by Gasteiger charge is 2.20. The summed E-state index contributed by atoms with van der Waals surface area (Å²) < 4.78 is 7.51. The molecule has 0 fully saturated rings. The molecule has 16 heavy (non-hydrogen) atoms. The highest BCUT2D eigenvalue weighted by molar-refractivity contribution is 9.10. The zero-order valence-electron chi connectivity index (χ0n) is 9.17. The maximum absolute atomic E-state index is 11.8. The van der Waals surface area contributed by atoms with Crippen LogP contribution in [0.25, 0.3) is 9.40 Å². The van der Waals surface area contributed by atoms with Crippen LogP contribution in [0.5, 0.6) is 0 Å². The third kappa shape index (κ3) is 2.47. The predicted molar refractivity (Wildman–Crippen MR) is 72.6 cm³/mol. The van der Waals surface area contributed by atoms with E-state index in [1.165, 1.54) is 11.3 Å². The first-order valence-corrected chi connectivity index (χ1v) is 7.25. The molecule has 0 saturated heterocycles. The third-order valence-corrected chi connectivity index (χ3v) is 5.02. The van der Waals surface area contributed by atoms with E-state index in [1.54, 1.807) is 11.3 Å². The summed E-state index contributed by atoms with van der Waals surface area (Å²) in [5, 5.41) is 3.12. The number of hydrogen-bond acceptors (Lipinski definition) is 4. The summed E-state index contributed by atoms with van der Waals surface area (Å²) in [4.78, 5) is 12.5. The van der Waals surface area contributed by atoms with Crippen LogP contribution in [0.1, 0.15) is 30.4 Å². The number of thiophene rings is 2. The molecule has 2 rings (SSSR count). The van der Waals surface area contributed by atoms with Gasteiger partial charge in [0.1, 0.15) is 10.5 Å². The Bertz CT molecular complexity index is 534. The molecule has 0 unspecified atom stereocenters. The number of hydrogen-bond donors (Lipinski definition) is 0. The fourth-order valence-corrected chi connectivity index (χ4v) is 4.10. The van der Waals surface area contributed by atoms with Crippen molar-refractivity contribution in [1.82, 2.24) is 0 Å². The van der Waals surface area contributed by atoms with Crippen LogP contribution in [-0.2, 0) is 4.74 Å². The number of carbonyl (C=O) groups is 1. The number of fused-ring (bicyclic) bond motifs is 1. The molecule has 2 aromatic rings. The molecule has 0 atom stereocenters. The number of ether oxygens (including phenoxy) is 1. The van der Waals surface area contributed by atoms with E-state index in [-0.39, 0.29) is 5.97 Å². The van der Waals surface area contributed by atoms with Crippen molar-refractivity contribution in [3.05, 3.63) is 20.8 Å². The van der Waals surface area contributed by atoms with Crippen LogP contribution in [0.3, 0.4) is 0 Å². The van der Waals surface area contributed by atoms with Gasteiger partial charge in [0, 0.05) is 15.2 Å². The molecule has 0 aliphatic heterocycles. The highest BCUT2D eigenvalue weighted by Crippen LogP contribution is 2.37. The number of halogens is 1. The Balaban J connectivity index is 2.30. The zero-order chi connectivity index (χ0) is 11.9. The lowest BCUT2D eigenvalue weighted by Crippen LogP contribution is -2.23. The van der Waals surface area contributed by atoms with Crippen LogP contribution in [0.15, 0.2) is 15.9 Å². The van der Waals surface area contributed by atoms with E-state index < -0.39 is 5.60 Å². The Hall–Kier alpha value is -0.390. The summed E-state index contributed by atoms with van der Waals surface area (Å²) in [7, 11) is 0. The lowest BCUT2D eigenvalue weighted by atomic mass is 10.2. The third-order valence-electron chi connectivity index (χ3n) is 1.82. The van der Waals surface area contributed by atoms with Gasteiger partial charge in [-0.3, -0.25) is 0 Å². The van der Waals surface area contributed by atoms with Crippen LogP contribution >= 0.6 is 38.6 Å². The van der Waals surface area contributed by atoms with E-state index in [4.69, 9.17) is 4.74 Å². The summed E-state index contributed by atoms with van der Waals surface area (Å²) in [6.07, 6.45) is 0. The second kappa shape index (κ2) is 4.13. The Morgan fingerprint density at radius 3 is 2.69 bits per heavy atom. The van der Waals surface area contributed by atoms with E-state index in [9.17, 15) is 4.79 Å². The SMILES string of the molecule is CC(C)(C)OC(=O)c1cc2c(Br)csc2s1. The van der Waals surface area contributed by atoms with Gasteiger partial charge in [-0.05, 0) is 42.8 Å². The van der Waals surface area contributed by atoms with Gasteiger partial charge in [0.15, 0.2) is 0 Å². The first kappa shape index (κ1) is 12.1. The summed E-state index contributed by atoms with van der Waals surface area (Å²) in [6.45, 7) is 5.62. The lowest BCUT2D eigenvalue weighted by molar-refractivity contribution is 0.00753. The molecule has 0 amide bonds. The van der Waals surface area contributed by atoms with Gasteiger partial charge < -0.3 is 4.74 Å². The molecule has 2 nitrogen and oxygen atoms in total. The predicted octanol–water partition coefficient (Wildman–Crippen LogP) is 4.68. The number of esters is 1. The fourth-order valence-electron chi connectivity index (χ4n) is 1.23. The maximum Gasteiger partial charge on any atom is 0.348 e. The van der Waals surface area contributed by atoms with Crippen molar-refractivity contribution < 1.29 is 9.53 Å². The molecule has 86 valence electrons. The highest BCUT2D eigenvalue weighted by atomic mass is 79.9. The topological polar surface area (TPSA) is 26.3 Å². The summed E-state index contributed by atoms with van der Waals surface area (Å²) in [5.74, 6) is -0.243. The van der Waals surface area contributed by atoms with E-state index >= 15 is 0 Å². The molecular weight excluding hydrogens is 308 g/mol. The van der Waals surface area contributed by atoms with Crippen LogP contribution in [0.2, 0.25) is 0 Å². The van der Waals surface area contributed by atoms with Crippen molar-refractivity contribution in [3.8, 4) is 0 Å². The largest absolute Gasteiger partial charge is 0.456 e. The van der Waals surface area contributed by atoms with Crippen molar-refractivity contribution in [1.29, 1.82) is 0 Å². The molecule has 0 aliphatic rings. The second-order valence-corrected chi connectivity index (χ2v) is 7.44. The average Bonchev–Trinajstić information content (AvgIpc) is 2.65. The van der Waals surface area contributed by atoms with Gasteiger partial charge in [0.05, 0.1) is 4.01 Å². The molecule has 2 aromatic heterocycles. The average molecular weight is 319 g/mol. The second-order valence-electron chi connectivity index (χ2n) is 4.40. The van der Waals surface area contributed by atoms with Gasteiger partial charge in [-0.2, -0.15) is 0 Å². The van der Waals surface area contributed by atoms with E-state index in [0.29, 0.717) is 4.88 Å². The Kier molecular flexibility index (Phi) is 3.11. The standard InChI is InChI=1S/C11H11BrO2S2/c1-11(2,3)14-9(13)8-4-6-7(12)5-15-10(6)16-8/h4-5H,1-3H3. The van der Waals surface area contributed by atoms with Crippen molar-refractivity contribution in [2.45, 2.75) is 26.4 Å². The first-order chi connectivity index (χ1) is 7.37. The van der Waals surface area contributed by atoms with Crippen molar-refractivity contribution in [2.24, 2.45) is 0 Å². The summed E-state index contributed by atoms with van der Waals surface area (Å²) in [5.41, 5.74) is -0.439. The smallest absolute Gasteiger partial charge is 0.348 e. The molecule has 0 spiro atoms. The molecule has 0 radical (unpaired) electrons. The Labute approximate surface area is 110 Å². The van der Waals surface area contributed by atoms with Crippen LogP contribution in [0.4, 0.5) is 0 Å². The Morgan fingerprint density at radius 2 is 2.12 bits per heavy atom. The molecule has 2 heterocycles. The monoisotopic (exact) mass is 318 g/mol. The molecular formula is C11H11BrO2S2. The Morgan fingerprint density at radius 1 is 1.44 bits per heavy atom. The lowest BCUT2D eigenvalue weighted by Gasteiger charge is -2.18. The minimum absolute atomic E-state index is 0.243. The van der Waals surface area contributed by atoms with E-state index in [0.717, 1.165) is 13.9 Å². The summed E-state index contributed by atoms with van der Waals surface area (Å²) >= 11 is 6.57. The van der Waals surface area contributed by atoms with E-state index in [2.05, 4.69) is 15.9 Å². The first-order valence-electron chi connectivity index (χ1n) is 4.77. The van der Waals surface area contributed by atoms with Gasteiger partial charge in [0.25, 0.3) is 0 Å². The fraction of sp³-hybridized carbons (Fsp3) is 0.364. The zero-order valence-corrected chi connectivity index (χ0v) is 12.4. The van der Waals surface area contributed by atoms with Gasteiger partial charge in [-0.1, -0.05) is 0 Å². The number of carbonyl (C=O) groups excluding carboxylic acids is 1. The van der Waals surface area contributed by atoms with Crippen molar-refractivity contribution >= 4 is 54.0 Å². The molecule has 5 heteroatoms. The quantitative estimate of drug-likeness (QED) is 0.713. The van der Waals surface area contributed by atoms with Crippen molar-refractivity contribution in [2.75, 3.05) is 0 Å². The van der Waals surface area contributed by atoms with Crippen molar-refractivity contribution in [3.63, 3.8) is 0 Å². The van der Waals surface area contributed by atoms with Gasteiger partial charge >= 0.3 is 5.97 Å². The van der Waals surface area contributed by atoms with E-state index in [1.807, 2.05) is 32.2 Å². The van der Waals surface area contributed by atoms with Gasteiger partial charge in [-0.15, -0.1) is 22.7 Å². The van der Waals surface area contributed by atoms with Gasteiger partial charge in [-0.25, -0.2) is 4.79 Å².